The van der Waals surface area contributed by atoms with E-state index in [1.807, 2.05) is 0 Å². The van der Waals surface area contributed by atoms with Gasteiger partial charge in [-0.1, -0.05) is 17.2 Å². The van der Waals surface area contributed by atoms with Gasteiger partial charge in [-0.3, -0.25) is 4.79 Å². The van der Waals surface area contributed by atoms with E-state index in [2.05, 4.69) is 5.32 Å². The van der Waals surface area contributed by atoms with Crippen LogP contribution in [0.15, 0.2) is 40.8 Å². The van der Waals surface area contributed by atoms with Crippen LogP contribution in [0.4, 0.5) is 0 Å². The molecule has 1 aromatic carbocycles. The molecule has 5 nitrogen and oxygen atoms in total. The number of carbonyl (C=O) groups excluding carboxylic acids is 1. The minimum atomic E-state index is -3.50. The molecular weight excluding hydrogens is 348 g/mol. The number of carbonyl (C=O) groups is 1. The number of nitrogens with one attached hydrogen (secondary N) is 1. The average Bonchev–Trinajstić information content (AvgIpc) is 3.38. The third-order valence-corrected chi connectivity index (χ3v) is 6.58. The van der Waals surface area contributed by atoms with Gasteiger partial charge in [0, 0.05) is 30.7 Å². The smallest absolute Gasteiger partial charge is 0.243 e. The lowest BCUT2D eigenvalue weighted by Crippen LogP contribution is -2.36. The zero-order valence-corrected chi connectivity index (χ0v) is 14.9. The molecule has 1 N–H and O–H groups in total. The summed E-state index contributed by atoms with van der Waals surface area (Å²) in [4.78, 5) is 12.1. The number of piperidine rings is 1. The Morgan fingerprint density at radius 1 is 1.21 bits per heavy atom. The van der Waals surface area contributed by atoms with E-state index < -0.39 is 10.0 Å². The topological polar surface area (TPSA) is 66.5 Å². The molecule has 0 radical (unpaired) electrons. The molecule has 1 saturated carbocycles. The first-order valence-electron chi connectivity index (χ1n) is 8.18. The third-order valence-electron chi connectivity index (χ3n) is 4.41. The van der Waals surface area contributed by atoms with Crippen molar-refractivity contribution in [2.45, 2.75) is 30.6 Å². The largest absolute Gasteiger partial charge is 0.352 e. The van der Waals surface area contributed by atoms with E-state index in [0.29, 0.717) is 36.9 Å². The van der Waals surface area contributed by atoms with E-state index in [1.54, 1.807) is 18.2 Å². The minimum absolute atomic E-state index is 0.0640. The molecule has 2 fully saturated rings. The lowest BCUT2D eigenvalue weighted by atomic mass is 10.1. The summed E-state index contributed by atoms with van der Waals surface area (Å²) in [6.45, 7) is 1.54. The van der Waals surface area contributed by atoms with Crippen molar-refractivity contribution < 1.29 is 13.2 Å². The molecule has 1 aliphatic carbocycles. The first-order valence-corrected chi connectivity index (χ1v) is 10.00. The van der Waals surface area contributed by atoms with Crippen LogP contribution >= 0.6 is 11.6 Å². The van der Waals surface area contributed by atoms with E-state index >= 15 is 0 Å². The predicted molar refractivity (Wildman–Crippen MR) is 93.3 cm³/mol. The summed E-state index contributed by atoms with van der Waals surface area (Å²) in [5.41, 5.74) is 1.01. The maximum absolute atomic E-state index is 12.6. The number of amides is 1. The highest BCUT2D eigenvalue weighted by atomic mass is 35.5. The van der Waals surface area contributed by atoms with Gasteiger partial charge in [0.05, 0.1) is 4.90 Å². The molecule has 0 unspecified atom stereocenters. The van der Waals surface area contributed by atoms with Crippen LogP contribution < -0.4 is 5.32 Å². The molecule has 24 heavy (non-hydrogen) atoms. The van der Waals surface area contributed by atoms with Crippen LogP contribution in [0.1, 0.15) is 25.7 Å². The van der Waals surface area contributed by atoms with E-state index in [9.17, 15) is 13.2 Å². The summed E-state index contributed by atoms with van der Waals surface area (Å²) in [5, 5.41) is 3.41. The molecule has 0 spiro atoms. The number of hydrogen-bond donors (Lipinski definition) is 1. The average molecular weight is 369 g/mol. The van der Waals surface area contributed by atoms with Gasteiger partial charge in [0.25, 0.3) is 0 Å². The quantitative estimate of drug-likeness (QED) is 0.812. The Hall–Kier alpha value is -1.37. The Kier molecular flexibility index (Phi) is 5.27. The van der Waals surface area contributed by atoms with Gasteiger partial charge in [0.2, 0.25) is 15.9 Å². The third kappa shape index (κ3) is 4.37. The Labute approximate surface area is 147 Å². The number of rotatable bonds is 5. The summed E-state index contributed by atoms with van der Waals surface area (Å²) in [7, 11) is -3.50. The summed E-state index contributed by atoms with van der Waals surface area (Å²) < 4.78 is 26.7. The standard InChI is InChI=1S/C17H21ClN2O3S/c18-15-3-5-16(6-4-15)24(22,23)20-9-7-13(8-10-20)11-17(21)19-12-14-1-2-14/h3-6,11,14H,1-2,7-10,12H2,(H,19,21). The van der Waals surface area contributed by atoms with Gasteiger partial charge < -0.3 is 5.32 Å². The van der Waals surface area contributed by atoms with E-state index in [1.165, 1.54) is 29.3 Å². The molecule has 1 aromatic rings. The second kappa shape index (κ2) is 7.25. The van der Waals surface area contributed by atoms with Crippen molar-refractivity contribution in [3.8, 4) is 0 Å². The fraction of sp³-hybridized carbons (Fsp3) is 0.471. The molecule has 7 heteroatoms. The lowest BCUT2D eigenvalue weighted by Gasteiger charge is -2.27. The summed E-state index contributed by atoms with van der Waals surface area (Å²) in [6, 6.07) is 6.20. The first-order chi connectivity index (χ1) is 11.4. The maximum Gasteiger partial charge on any atom is 0.243 e. The number of benzene rings is 1. The Morgan fingerprint density at radius 3 is 2.42 bits per heavy atom. The highest BCUT2D eigenvalue weighted by molar-refractivity contribution is 7.89. The molecule has 1 amide bonds. The molecule has 0 bridgehead atoms. The van der Waals surface area contributed by atoms with Crippen molar-refractivity contribution in [3.05, 3.63) is 40.9 Å². The van der Waals surface area contributed by atoms with E-state index in [0.717, 1.165) is 12.1 Å². The molecule has 2 aliphatic rings. The first kappa shape index (κ1) is 17.5. The molecule has 1 aliphatic heterocycles. The predicted octanol–water partition coefficient (Wildman–Crippen LogP) is 2.58. The van der Waals surface area contributed by atoms with Gasteiger partial charge in [-0.05, 0) is 55.9 Å². The second-order valence-electron chi connectivity index (χ2n) is 6.35. The highest BCUT2D eigenvalue weighted by Gasteiger charge is 2.27. The number of nitrogens with zero attached hydrogens (tertiary/aromatic N) is 1. The van der Waals surface area contributed by atoms with Crippen LogP contribution in [-0.4, -0.2) is 38.3 Å². The summed E-state index contributed by atoms with van der Waals surface area (Å²) in [6.07, 6.45) is 5.21. The van der Waals surface area contributed by atoms with Gasteiger partial charge in [0.15, 0.2) is 0 Å². The second-order valence-corrected chi connectivity index (χ2v) is 8.72. The van der Waals surface area contributed by atoms with Crippen molar-refractivity contribution in [1.29, 1.82) is 0 Å². The van der Waals surface area contributed by atoms with Crippen LogP contribution in [0.5, 0.6) is 0 Å². The van der Waals surface area contributed by atoms with Crippen LogP contribution in [0.2, 0.25) is 5.02 Å². The lowest BCUT2D eigenvalue weighted by molar-refractivity contribution is -0.116. The Balaban J connectivity index is 1.57. The van der Waals surface area contributed by atoms with Gasteiger partial charge in [-0.25, -0.2) is 8.42 Å². The van der Waals surface area contributed by atoms with Crippen LogP contribution in [0.3, 0.4) is 0 Å². The minimum Gasteiger partial charge on any atom is -0.352 e. The fourth-order valence-corrected chi connectivity index (χ4v) is 4.28. The Bertz CT molecular complexity index is 730. The van der Waals surface area contributed by atoms with Gasteiger partial charge in [0.1, 0.15) is 0 Å². The SMILES string of the molecule is O=C(C=C1CCN(S(=O)(=O)c2ccc(Cl)cc2)CC1)NCC1CC1. The molecule has 0 atom stereocenters. The molecule has 130 valence electrons. The summed E-state index contributed by atoms with van der Waals surface area (Å²) in [5.74, 6) is 0.588. The van der Waals surface area contributed by atoms with Gasteiger partial charge in [-0.15, -0.1) is 0 Å². The van der Waals surface area contributed by atoms with Crippen molar-refractivity contribution in [2.75, 3.05) is 19.6 Å². The van der Waals surface area contributed by atoms with Crippen LogP contribution in [0.25, 0.3) is 0 Å². The van der Waals surface area contributed by atoms with E-state index in [-0.39, 0.29) is 10.8 Å². The Morgan fingerprint density at radius 2 is 1.83 bits per heavy atom. The molecule has 0 aromatic heterocycles. The van der Waals surface area contributed by atoms with Crippen LogP contribution in [-0.2, 0) is 14.8 Å². The zero-order chi connectivity index (χ0) is 17.2. The molecule has 1 heterocycles. The molecular formula is C17H21ClN2O3S. The van der Waals surface area contributed by atoms with Crippen molar-refractivity contribution in [1.82, 2.24) is 9.62 Å². The van der Waals surface area contributed by atoms with Crippen molar-refractivity contribution >= 4 is 27.5 Å². The zero-order valence-electron chi connectivity index (χ0n) is 13.4. The number of halogens is 1. The number of hydrogen-bond acceptors (Lipinski definition) is 3. The van der Waals surface area contributed by atoms with Crippen LogP contribution in [0, 0.1) is 5.92 Å². The van der Waals surface area contributed by atoms with Gasteiger partial charge in [-0.2, -0.15) is 4.31 Å². The fourth-order valence-electron chi connectivity index (χ4n) is 2.72. The normalized spacial score (nSPS) is 19.1. The molecule has 1 saturated heterocycles. The molecule has 3 rings (SSSR count). The van der Waals surface area contributed by atoms with E-state index in [4.69, 9.17) is 11.6 Å². The maximum atomic E-state index is 12.6. The van der Waals surface area contributed by atoms with Crippen molar-refractivity contribution in [3.63, 3.8) is 0 Å². The summed E-state index contributed by atoms with van der Waals surface area (Å²) >= 11 is 5.81. The monoisotopic (exact) mass is 368 g/mol. The number of sulfonamides is 1. The van der Waals surface area contributed by atoms with Gasteiger partial charge >= 0.3 is 0 Å². The highest BCUT2D eigenvalue weighted by Crippen LogP contribution is 2.27. The van der Waals surface area contributed by atoms with Crippen molar-refractivity contribution in [2.24, 2.45) is 5.92 Å².